The maximum atomic E-state index is 13.2. The Kier molecular flexibility index (Phi) is 7.65. The molecule has 31 heavy (non-hydrogen) atoms. The molecule has 0 saturated heterocycles. The van der Waals surface area contributed by atoms with Crippen molar-refractivity contribution in [2.24, 2.45) is 0 Å². The summed E-state index contributed by atoms with van der Waals surface area (Å²) in [7, 11) is -3.87. The lowest BCUT2D eigenvalue weighted by Gasteiger charge is -2.22. The van der Waals surface area contributed by atoms with E-state index in [1.807, 2.05) is 37.3 Å². The van der Waals surface area contributed by atoms with E-state index in [-0.39, 0.29) is 29.8 Å². The van der Waals surface area contributed by atoms with Crippen molar-refractivity contribution < 1.29 is 17.6 Å². The summed E-state index contributed by atoms with van der Waals surface area (Å²) in [6.07, 6.45) is 2.35. The Morgan fingerprint density at radius 1 is 1.03 bits per heavy atom. The first-order valence-corrected chi connectivity index (χ1v) is 11.7. The molecule has 2 aromatic carbocycles. The van der Waals surface area contributed by atoms with Gasteiger partial charge in [-0.25, -0.2) is 8.42 Å². The number of hydrogen-bond acceptors (Lipinski definition) is 4. The normalized spacial score (nSPS) is 12.6. The van der Waals surface area contributed by atoms with Crippen molar-refractivity contribution >= 4 is 15.9 Å². The van der Waals surface area contributed by atoms with E-state index in [0.717, 1.165) is 21.9 Å². The molecule has 6 nitrogen and oxygen atoms in total. The topological polar surface area (TPSA) is 79.6 Å². The van der Waals surface area contributed by atoms with Gasteiger partial charge in [-0.05, 0) is 43.2 Å². The SMILES string of the molecule is CCC(CNC(=O)CN(Cc1ccco1)S(=O)(=O)c1ccc(C)cc1)c1ccccc1. The highest BCUT2D eigenvalue weighted by Crippen LogP contribution is 2.20. The molecule has 1 unspecified atom stereocenters. The summed E-state index contributed by atoms with van der Waals surface area (Å²) in [5.74, 6) is 0.285. The van der Waals surface area contributed by atoms with Gasteiger partial charge in [0.15, 0.2) is 0 Å². The number of furan rings is 1. The van der Waals surface area contributed by atoms with Gasteiger partial charge in [0.1, 0.15) is 5.76 Å². The van der Waals surface area contributed by atoms with Crippen LogP contribution in [0.15, 0.2) is 82.3 Å². The quantitative estimate of drug-likeness (QED) is 0.515. The Labute approximate surface area is 183 Å². The second kappa shape index (κ2) is 10.4. The highest BCUT2D eigenvalue weighted by molar-refractivity contribution is 7.89. The van der Waals surface area contributed by atoms with Crippen LogP contribution < -0.4 is 5.32 Å². The number of hydrogen-bond donors (Lipinski definition) is 1. The van der Waals surface area contributed by atoms with Crippen LogP contribution in [0.3, 0.4) is 0 Å². The maximum Gasteiger partial charge on any atom is 0.243 e. The summed E-state index contributed by atoms with van der Waals surface area (Å²) >= 11 is 0. The van der Waals surface area contributed by atoms with Crippen LogP contribution in [0.5, 0.6) is 0 Å². The van der Waals surface area contributed by atoms with Crippen LogP contribution in [0, 0.1) is 6.92 Å². The minimum atomic E-state index is -3.87. The number of sulfonamides is 1. The highest BCUT2D eigenvalue weighted by Gasteiger charge is 2.28. The van der Waals surface area contributed by atoms with Crippen LogP contribution in [-0.4, -0.2) is 31.7 Å². The van der Waals surface area contributed by atoms with E-state index in [9.17, 15) is 13.2 Å². The zero-order chi connectivity index (χ0) is 22.3. The number of amides is 1. The van der Waals surface area contributed by atoms with Crippen molar-refractivity contribution in [2.45, 2.75) is 37.6 Å². The molecule has 0 spiro atoms. The molecule has 0 saturated carbocycles. The molecule has 1 heterocycles. The Morgan fingerprint density at radius 3 is 2.35 bits per heavy atom. The predicted molar refractivity (Wildman–Crippen MR) is 120 cm³/mol. The minimum Gasteiger partial charge on any atom is -0.468 e. The molecule has 0 fully saturated rings. The third kappa shape index (κ3) is 6.06. The van der Waals surface area contributed by atoms with Crippen molar-refractivity contribution in [1.82, 2.24) is 9.62 Å². The summed E-state index contributed by atoms with van der Waals surface area (Å²) < 4.78 is 32.9. The van der Waals surface area contributed by atoms with Crippen molar-refractivity contribution in [2.75, 3.05) is 13.1 Å². The summed E-state index contributed by atoms with van der Waals surface area (Å²) in [6, 6.07) is 19.9. The Morgan fingerprint density at radius 2 is 1.74 bits per heavy atom. The average Bonchev–Trinajstić information content (AvgIpc) is 3.28. The van der Waals surface area contributed by atoms with Crippen LogP contribution in [0.1, 0.15) is 36.1 Å². The average molecular weight is 441 g/mol. The predicted octanol–water partition coefficient (Wildman–Crippen LogP) is 4.09. The molecule has 0 bridgehead atoms. The number of aryl methyl sites for hydroxylation is 1. The lowest BCUT2D eigenvalue weighted by molar-refractivity contribution is -0.121. The largest absolute Gasteiger partial charge is 0.468 e. The lowest BCUT2D eigenvalue weighted by Crippen LogP contribution is -2.41. The van der Waals surface area contributed by atoms with Gasteiger partial charge in [0.25, 0.3) is 0 Å². The van der Waals surface area contributed by atoms with Gasteiger partial charge in [-0.15, -0.1) is 0 Å². The van der Waals surface area contributed by atoms with Gasteiger partial charge in [0, 0.05) is 12.5 Å². The summed E-state index contributed by atoms with van der Waals surface area (Å²) in [5.41, 5.74) is 2.10. The van der Waals surface area contributed by atoms with E-state index in [2.05, 4.69) is 12.2 Å². The molecular formula is C24H28N2O4S. The molecule has 0 aliphatic rings. The van der Waals surface area contributed by atoms with Crippen molar-refractivity contribution in [3.63, 3.8) is 0 Å². The number of carbonyl (C=O) groups is 1. The number of nitrogens with one attached hydrogen (secondary N) is 1. The van der Waals surface area contributed by atoms with Gasteiger partial charge in [0.05, 0.1) is 24.2 Å². The van der Waals surface area contributed by atoms with Crippen LogP contribution in [-0.2, 0) is 21.4 Å². The smallest absolute Gasteiger partial charge is 0.243 e. The fraction of sp³-hybridized carbons (Fsp3) is 0.292. The standard InChI is InChI=1S/C24H28N2O4S/c1-3-20(21-8-5-4-6-9-21)16-25-24(27)18-26(17-22-10-7-15-30-22)31(28,29)23-13-11-19(2)12-14-23/h4-15,20H,3,16-18H2,1-2H3,(H,25,27). The molecule has 1 N–H and O–H groups in total. The molecule has 1 atom stereocenters. The molecule has 164 valence electrons. The van der Waals surface area contributed by atoms with E-state index in [0.29, 0.717) is 12.3 Å². The first kappa shape index (κ1) is 22.8. The molecule has 0 aliphatic heterocycles. The summed E-state index contributed by atoms with van der Waals surface area (Å²) in [4.78, 5) is 12.9. The number of benzene rings is 2. The number of rotatable bonds is 10. The highest BCUT2D eigenvalue weighted by atomic mass is 32.2. The van der Waals surface area contributed by atoms with Gasteiger partial charge < -0.3 is 9.73 Å². The van der Waals surface area contributed by atoms with Crippen LogP contribution in [0.25, 0.3) is 0 Å². The number of nitrogens with zero attached hydrogens (tertiary/aromatic N) is 1. The molecule has 7 heteroatoms. The molecule has 0 radical (unpaired) electrons. The molecule has 0 aliphatic carbocycles. The zero-order valence-electron chi connectivity index (χ0n) is 17.8. The van der Waals surface area contributed by atoms with Crippen LogP contribution >= 0.6 is 0 Å². The van der Waals surface area contributed by atoms with Gasteiger partial charge in [-0.2, -0.15) is 4.31 Å². The summed E-state index contributed by atoms with van der Waals surface area (Å²) in [5, 5.41) is 2.90. The molecule has 3 aromatic rings. The van der Waals surface area contributed by atoms with Crippen molar-refractivity contribution in [3.05, 3.63) is 89.9 Å². The zero-order valence-corrected chi connectivity index (χ0v) is 18.6. The van der Waals surface area contributed by atoms with Crippen LogP contribution in [0.2, 0.25) is 0 Å². The van der Waals surface area contributed by atoms with Gasteiger partial charge in [0.2, 0.25) is 15.9 Å². The van der Waals surface area contributed by atoms with E-state index < -0.39 is 10.0 Å². The second-order valence-electron chi connectivity index (χ2n) is 7.49. The van der Waals surface area contributed by atoms with Crippen molar-refractivity contribution in [1.29, 1.82) is 0 Å². The third-order valence-electron chi connectivity index (χ3n) is 5.20. The summed E-state index contributed by atoms with van der Waals surface area (Å²) in [6.45, 7) is 4.09. The monoisotopic (exact) mass is 440 g/mol. The fourth-order valence-electron chi connectivity index (χ4n) is 3.34. The van der Waals surface area contributed by atoms with E-state index in [1.54, 1.807) is 36.4 Å². The second-order valence-corrected chi connectivity index (χ2v) is 9.42. The maximum absolute atomic E-state index is 13.2. The van der Waals surface area contributed by atoms with Gasteiger partial charge in [-0.3, -0.25) is 4.79 Å². The third-order valence-corrected chi connectivity index (χ3v) is 7.01. The van der Waals surface area contributed by atoms with Gasteiger partial charge >= 0.3 is 0 Å². The van der Waals surface area contributed by atoms with E-state index >= 15 is 0 Å². The first-order valence-electron chi connectivity index (χ1n) is 10.3. The fourth-order valence-corrected chi connectivity index (χ4v) is 4.70. The first-order chi connectivity index (χ1) is 14.9. The Balaban J connectivity index is 1.73. The molecular weight excluding hydrogens is 412 g/mol. The molecule has 1 amide bonds. The van der Waals surface area contributed by atoms with E-state index in [1.165, 1.54) is 6.26 Å². The Bertz CT molecular complexity index is 1060. The molecule has 3 rings (SSSR count). The Hall–Kier alpha value is -2.90. The minimum absolute atomic E-state index is 0.0213. The molecule has 1 aromatic heterocycles. The lowest BCUT2D eigenvalue weighted by atomic mass is 9.96. The van der Waals surface area contributed by atoms with Crippen LogP contribution in [0.4, 0.5) is 0 Å². The number of carbonyl (C=O) groups excluding carboxylic acids is 1. The van der Waals surface area contributed by atoms with Crippen molar-refractivity contribution in [3.8, 4) is 0 Å². The van der Waals surface area contributed by atoms with E-state index in [4.69, 9.17) is 4.42 Å². The van der Waals surface area contributed by atoms with Gasteiger partial charge in [-0.1, -0.05) is 55.0 Å².